The number of rotatable bonds is 2. The number of aryl methyl sites for hydroxylation is 1. The molecule has 1 aliphatic carbocycles. The van der Waals surface area contributed by atoms with Crippen molar-refractivity contribution >= 4 is 28.5 Å². The topological polar surface area (TPSA) is 41.1 Å². The van der Waals surface area contributed by atoms with Gasteiger partial charge in [0.25, 0.3) is 0 Å². The standard InChI is InChI=1S/C24H22N2OS/c1-15-9-10-18-19(12-15)26-24(22-8-5-11-28-22)23-20(25-18)13-17(14-21(23)27)16-6-3-2-4-7-16/h2-12,17,24-26H,13-14H2,1H3/t17-,24+/m0/s1. The summed E-state index contributed by atoms with van der Waals surface area (Å²) in [5, 5.41) is 9.34. The molecule has 2 N–H and O–H groups in total. The predicted octanol–water partition coefficient (Wildman–Crippen LogP) is 6.04. The van der Waals surface area contributed by atoms with E-state index in [2.05, 4.69) is 77.5 Å². The van der Waals surface area contributed by atoms with E-state index in [1.165, 1.54) is 16.0 Å². The van der Waals surface area contributed by atoms with Gasteiger partial charge in [0.15, 0.2) is 5.78 Å². The zero-order valence-electron chi connectivity index (χ0n) is 15.7. The Labute approximate surface area is 169 Å². The summed E-state index contributed by atoms with van der Waals surface area (Å²) in [5.41, 5.74) is 6.47. The van der Waals surface area contributed by atoms with Gasteiger partial charge in [-0.25, -0.2) is 0 Å². The number of thiophene rings is 1. The van der Waals surface area contributed by atoms with E-state index in [1.54, 1.807) is 11.3 Å². The Hall–Kier alpha value is -2.85. The lowest BCUT2D eigenvalue weighted by Crippen LogP contribution is -2.26. The number of allylic oxidation sites excluding steroid dienone is 1. The van der Waals surface area contributed by atoms with Crippen LogP contribution in [-0.4, -0.2) is 5.78 Å². The summed E-state index contributed by atoms with van der Waals surface area (Å²) in [4.78, 5) is 14.5. The fourth-order valence-corrected chi connectivity index (χ4v) is 5.07. The van der Waals surface area contributed by atoms with Crippen LogP contribution in [-0.2, 0) is 4.79 Å². The molecular formula is C24H22N2OS. The second kappa shape index (κ2) is 6.95. The number of ketones is 1. The van der Waals surface area contributed by atoms with Crippen molar-refractivity contribution in [1.82, 2.24) is 0 Å². The highest BCUT2D eigenvalue weighted by Crippen LogP contribution is 2.45. The molecule has 140 valence electrons. The molecular weight excluding hydrogens is 364 g/mol. The van der Waals surface area contributed by atoms with Gasteiger partial charge in [-0.2, -0.15) is 0 Å². The van der Waals surface area contributed by atoms with Gasteiger partial charge in [0.1, 0.15) is 0 Å². The maximum Gasteiger partial charge on any atom is 0.163 e. The third-order valence-corrected chi connectivity index (χ3v) is 6.59. The Morgan fingerprint density at radius 2 is 1.82 bits per heavy atom. The number of Topliss-reactive ketones (excluding diaryl/α,β-unsaturated/α-hetero) is 1. The number of nitrogens with one attached hydrogen (secondary N) is 2. The fourth-order valence-electron chi connectivity index (χ4n) is 4.29. The third-order valence-electron chi connectivity index (χ3n) is 5.66. The van der Waals surface area contributed by atoms with Crippen molar-refractivity contribution in [2.75, 3.05) is 10.6 Å². The largest absolute Gasteiger partial charge is 0.372 e. The number of fused-ring (bicyclic) bond motifs is 1. The highest BCUT2D eigenvalue weighted by Gasteiger charge is 2.36. The van der Waals surface area contributed by atoms with E-state index in [4.69, 9.17) is 0 Å². The van der Waals surface area contributed by atoms with Gasteiger partial charge in [-0.3, -0.25) is 4.79 Å². The van der Waals surface area contributed by atoms with Crippen molar-refractivity contribution in [2.45, 2.75) is 31.7 Å². The molecule has 3 nitrogen and oxygen atoms in total. The summed E-state index contributed by atoms with van der Waals surface area (Å²) in [5.74, 6) is 0.453. The molecule has 4 heteroatoms. The third kappa shape index (κ3) is 3.04. The van der Waals surface area contributed by atoms with Crippen LogP contribution in [0.15, 0.2) is 77.3 Å². The van der Waals surface area contributed by atoms with Crippen LogP contribution < -0.4 is 10.6 Å². The van der Waals surface area contributed by atoms with Gasteiger partial charge in [0.05, 0.1) is 17.4 Å². The molecule has 2 aliphatic rings. The number of carbonyl (C=O) groups is 1. The van der Waals surface area contributed by atoms with Crippen LogP contribution in [0.25, 0.3) is 0 Å². The molecule has 2 heterocycles. The van der Waals surface area contributed by atoms with E-state index in [-0.39, 0.29) is 17.7 Å². The van der Waals surface area contributed by atoms with Gasteiger partial charge < -0.3 is 10.6 Å². The van der Waals surface area contributed by atoms with E-state index < -0.39 is 0 Å². The number of benzene rings is 2. The van der Waals surface area contributed by atoms with Crippen LogP contribution in [0, 0.1) is 6.92 Å². The summed E-state index contributed by atoms with van der Waals surface area (Å²) in [7, 11) is 0. The maximum atomic E-state index is 13.4. The van der Waals surface area contributed by atoms with E-state index in [9.17, 15) is 4.79 Å². The highest BCUT2D eigenvalue weighted by molar-refractivity contribution is 7.10. The summed E-state index contributed by atoms with van der Waals surface area (Å²) in [6, 6.07) is 20.8. The molecule has 0 spiro atoms. The smallest absolute Gasteiger partial charge is 0.163 e. The Kier molecular flexibility index (Phi) is 4.29. The molecule has 2 aromatic carbocycles. The lowest BCUT2D eigenvalue weighted by atomic mass is 9.79. The Balaban J connectivity index is 1.61. The highest BCUT2D eigenvalue weighted by atomic mass is 32.1. The minimum atomic E-state index is -0.102. The van der Waals surface area contributed by atoms with Crippen molar-refractivity contribution in [2.24, 2.45) is 0 Å². The summed E-state index contributed by atoms with van der Waals surface area (Å²) >= 11 is 1.70. The Morgan fingerprint density at radius 3 is 2.61 bits per heavy atom. The van der Waals surface area contributed by atoms with E-state index in [0.29, 0.717) is 6.42 Å². The minimum absolute atomic E-state index is 0.102. The molecule has 0 saturated heterocycles. The zero-order valence-corrected chi connectivity index (χ0v) is 16.6. The first kappa shape index (κ1) is 17.3. The SMILES string of the molecule is Cc1ccc2c(c1)N[C@H](c1cccs1)C1=C(C[C@H](c3ccccc3)CC1=O)N2. The molecule has 5 rings (SSSR count). The van der Waals surface area contributed by atoms with Crippen molar-refractivity contribution < 1.29 is 4.79 Å². The summed E-state index contributed by atoms with van der Waals surface area (Å²) in [6.45, 7) is 2.09. The molecule has 0 radical (unpaired) electrons. The van der Waals surface area contributed by atoms with Crippen LogP contribution >= 0.6 is 11.3 Å². The Morgan fingerprint density at radius 1 is 0.964 bits per heavy atom. The predicted molar refractivity (Wildman–Crippen MR) is 116 cm³/mol. The fraction of sp³-hybridized carbons (Fsp3) is 0.208. The first-order valence-corrected chi connectivity index (χ1v) is 10.6. The lowest BCUT2D eigenvalue weighted by molar-refractivity contribution is -0.116. The van der Waals surface area contributed by atoms with E-state index in [1.807, 2.05) is 6.07 Å². The van der Waals surface area contributed by atoms with E-state index in [0.717, 1.165) is 29.1 Å². The summed E-state index contributed by atoms with van der Waals surface area (Å²) in [6.07, 6.45) is 1.41. The second-order valence-electron chi connectivity index (χ2n) is 7.60. The van der Waals surface area contributed by atoms with Crippen LogP contribution in [0.4, 0.5) is 11.4 Å². The lowest BCUT2D eigenvalue weighted by Gasteiger charge is -2.29. The molecule has 0 unspecified atom stereocenters. The second-order valence-corrected chi connectivity index (χ2v) is 8.58. The van der Waals surface area contributed by atoms with Crippen molar-refractivity contribution in [1.29, 1.82) is 0 Å². The van der Waals surface area contributed by atoms with Gasteiger partial charge in [-0.15, -0.1) is 11.3 Å². The summed E-state index contributed by atoms with van der Waals surface area (Å²) < 4.78 is 0. The van der Waals surface area contributed by atoms with Crippen molar-refractivity contribution in [3.8, 4) is 0 Å². The first-order valence-electron chi connectivity index (χ1n) is 9.68. The van der Waals surface area contributed by atoms with Crippen LogP contribution in [0.3, 0.4) is 0 Å². The molecule has 0 saturated carbocycles. The molecule has 3 aromatic rings. The molecule has 2 atom stereocenters. The van der Waals surface area contributed by atoms with Gasteiger partial charge in [-0.1, -0.05) is 42.5 Å². The van der Waals surface area contributed by atoms with Gasteiger partial charge in [0.2, 0.25) is 0 Å². The normalized spacial score (nSPS) is 21.2. The molecule has 1 aromatic heterocycles. The number of hydrogen-bond acceptors (Lipinski definition) is 4. The Bertz CT molecular complexity index is 1050. The molecule has 1 aliphatic heterocycles. The van der Waals surface area contributed by atoms with Gasteiger partial charge in [0, 0.05) is 22.6 Å². The average molecular weight is 387 g/mol. The zero-order chi connectivity index (χ0) is 19.1. The van der Waals surface area contributed by atoms with Crippen LogP contribution in [0.1, 0.15) is 40.8 Å². The quantitative estimate of drug-likeness (QED) is 0.564. The van der Waals surface area contributed by atoms with Crippen LogP contribution in [0.2, 0.25) is 0 Å². The molecule has 0 amide bonds. The minimum Gasteiger partial charge on any atom is -0.372 e. The van der Waals surface area contributed by atoms with Crippen molar-refractivity contribution in [3.63, 3.8) is 0 Å². The van der Waals surface area contributed by atoms with Crippen molar-refractivity contribution in [3.05, 3.63) is 93.3 Å². The monoisotopic (exact) mass is 386 g/mol. The molecule has 0 bridgehead atoms. The number of anilines is 2. The first-order chi connectivity index (χ1) is 13.7. The average Bonchev–Trinajstić information content (AvgIpc) is 3.18. The van der Waals surface area contributed by atoms with E-state index >= 15 is 0 Å². The number of carbonyl (C=O) groups excluding carboxylic acids is 1. The van der Waals surface area contributed by atoms with Crippen LogP contribution in [0.5, 0.6) is 0 Å². The number of hydrogen-bond donors (Lipinski definition) is 2. The maximum absolute atomic E-state index is 13.4. The van der Waals surface area contributed by atoms with Gasteiger partial charge in [-0.05, 0) is 54.0 Å². The van der Waals surface area contributed by atoms with Gasteiger partial charge >= 0.3 is 0 Å². The molecule has 0 fully saturated rings. The molecule has 28 heavy (non-hydrogen) atoms.